The van der Waals surface area contributed by atoms with E-state index in [1.165, 1.54) is 6.92 Å². The van der Waals surface area contributed by atoms with E-state index >= 15 is 4.48 Å². The number of aromatic nitrogens is 1. The number of nitrogens with zero attached hydrogens (tertiary/aromatic N) is 2. The Hall–Kier alpha value is -2.43. The van der Waals surface area contributed by atoms with Gasteiger partial charge in [-0.05, 0) is 41.1 Å². The molecule has 33 heavy (non-hydrogen) atoms. The summed E-state index contributed by atoms with van der Waals surface area (Å²) in [4.78, 5) is 16.4. The van der Waals surface area contributed by atoms with E-state index in [1.807, 2.05) is 24.3 Å². The molecule has 3 saturated heterocycles. The van der Waals surface area contributed by atoms with Gasteiger partial charge in [0.25, 0.3) is 0 Å². The molecule has 5 atom stereocenters. The third kappa shape index (κ3) is 5.93. The molecule has 1 aromatic carbocycles. The number of esters is 1. The Kier molecular flexibility index (Phi) is 7.50. The lowest BCUT2D eigenvalue weighted by molar-refractivity contribution is -1.09. The van der Waals surface area contributed by atoms with Crippen molar-refractivity contribution in [2.45, 2.75) is 45.3 Å². The third-order valence-corrected chi connectivity index (χ3v) is 6.67. The van der Waals surface area contributed by atoms with Gasteiger partial charge in [-0.1, -0.05) is 6.92 Å². The molecule has 2 aromatic rings. The highest BCUT2D eigenvalue weighted by Crippen LogP contribution is 2.49. The number of pyridine rings is 1. The molecule has 0 amide bonds. The molecule has 3 aliphatic heterocycles. The Bertz CT molecular complexity index is 986. The largest absolute Gasteiger partial charge is 0.673 e. The van der Waals surface area contributed by atoms with E-state index in [2.05, 4.69) is 11.9 Å². The SMILES string of the molecule is CC[C@H]1C[N+]2(F)CC[C@H]1C[C@@H]2[C@@H](OC(C)=O)c1ccnc2ccc(OC)cc12.F[B-](F)(F)F. The van der Waals surface area contributed by atoms with E-state index in [9.17, 15) is 22.1 Å². The zero-order valence-electron chi connectivity index (χ0n) is 18.8. The van der Waals surface area contributed by atoms with Crippen molar-refractivity contribution in [3.63, 3.8) is 0 Å². The van der Waals surface area contributed by atoms with Gasteiger partial charge in [-0.3, -0.25) is 9.78 Å². The Morgan fingerprint density at radius 2 is 1.97 bits per heavy atom. The number of benzene rings is 1. The zero-order chi connectivity index (χ0) is 24.4. The van der Waals surface area contributed by atoms with Crippen LogP contribution < -0.4 is 4.74 Å². The zero-order valence-corrected chi connectivity index (χ0v) is 18.8. The van der Waals surface area contributed by atoms with Crippen LogP contribution in [0.5, 0.6) is 5.75 Å². The molecule has 0 radical (unpaired) electrons. The second-order valence-electron chi connectivity index (χ2n) is 8.66. The van der Waals surface area contributed by atoms with Crippen LogP contribution in [0.3, 0.4) is 0 Å². The van der Waals surface area contributed by atoms with E-state index < -0.39 is 18.1 Å². The van der Waals surface area contributed by atoms with Gasteiger partial charge in [0.1, 0.15) is 18.8 Å². The predicted molar refractivity (Wildman–Crippen MR) is 114 cm³/mol. The minimum Gasteiger partial charge on any atom is -0.497 e. The minimum absolute atomic E-state index is 0.387. The van der Waals surface area contributed by atoms with Crippen molar-refractivity contribution in [3.05, 3.63) is 36.0 Å². The number of piperidine rings is 3. The van der Waals surface area contributed by atoms with Gasteiger partial charge in [-0.15, -0.1) is 4.71 Å². The summed E-state index contributed by atoms with van der Waals surface area (Å²) >= 11 is 0. The number of fused-ring (bicyclic) bond motifs is 4. The average molecular weight is 474 g/mol. The molecule has 11 heteroatoms. The highest BCUT2D eigenvalue weighted by atomic mass is 19.5. The average Bonchev–Trinajstić information content (AvgIpc) is 2.75. The molecule has 2 bridgehead atoms. The lowest BCUT2D eigenvalue weighted by Gasteiger charge is -2.51. The molecular formula is C22H28BF5N2O3. The Balaban J connectivity index is 0.000000555. The van der Waals surface area contributed by atoms with Crippen LogP contribution in [-0.2, 0) is 9.53 Å². The van der Waals surface area contributed by atoms with E-state index in [0.29, 0.717) is 30.7 Å². The Labute approximate surface area is 189 Å². The van der Waals surface area contributed by atoms with Crippen molar-refractivity contribution in [3.8, 4) is 5.75 Å². The number of methoxy groups -OCH3 is 1. The van der Waals surface area contributed by atoms with E-state index in [4.69, 9.17) is 9.47 Å². The molecule has 3 aliphatic rings. The predicted octanol–water partition coefficient (Wildman–Crippen LogP) is 5.67. The van der Waals surface area contributed by atoms with E-state index in [0.717, 1.165) is 35.7 Å². The third-order valence-electron chi connectivity index (χ3n) is 6.67. The van der Waals surface area contributed by atoms with Crippen LogP contribution in [0.25, 0.3) is 10.9 Å². The summed E-state index contributed by atoms with van der Waals surface area (Å²) in [7, 11) is -4.39. The van der Waals surface area contributed by atoms with Crippen molar-refractivity contribution in [1.29, 1.82) is 0 Å². The van der Waals surface area contributed by atoms with Gasteiger partial charge in [0.05, 0.1) is 12.6 Å². The van der Waals surface area contributed by atoms with Gasteiger partial charge >= 0.3 is 13.2 Å². The van der Waals surface area contributed by atoms with Gasteiger partial charge in [-0.25, -0.2) is 0 Å². The lowest BCUT2D eigenvalue weighted by atomic mass is 9.72. The number of hydrogen-bond acceptors (Lipinski definition) is 4. The number of rotatable bonds is 5. The summed E-state index contributed by atoms with van der Waals surface area (Å²) in [5.74, 6) is 1.21. The molecule has 0 spiro atoms. The second-order valence-corrected chi connectivity index (χ2v) is 8.66. The van der Waals surface area contributed by atoms with Gasteiger partial charge < -0.3 is 26.7 Å². The van der Waals surface area contributed by atoms with E-state index in [-0.39, 0.29) is 12.0 Å². The monoisotopic (exact) mass is 474 g/mol. The summed E-state index contributed by atoms with van der Waals surface area (Å²) in [5, 5.41) is 0.842. The molecule has 3 fully saturated rings. The fourth-order valence-corrected chi connectivity index (χ4v) is 5.24. The Morgan fingerprint density at radius 1 is 1.27 bits per heavy atom. The van der Waals surface area contributed by atoms with Gasteiger partial charge in [-0.2, -0.15) is 0 Å². The molecule has 0 saturated carbocycles. The first-order valence-corrected chi connectivity index (χ1v) is 11.0. The fourth-order valence-electron chi connectivity index (χ4n) is 5.24. The van der Waals surface area contributed by atoms with Crippen LogP contribution in [0.4, 0.5) is 21.7 Å². The number of quaternary nitrogens is 1. The van der Waals surface area contributed by atoms with Crippen molar-refractivity contribution in [2.24, 2.45) is 11.8 Å². The molecular weight excluding hydrogens is 446 g/mol. The summed E-state index contributed by atoms with van der Waals surface area (Å²) in [5.41, 5.74) is 1.59. The quantitative estimate of drug-likeness (QED) is 0.243. The van der Waals surface area contributed by atoms with Gasteiger partial charge in [0.2, 0.25) is 0 Å². The number of hydrogen-bond donors (Lipinski definition) is 0. The van der Waals surface area contributed by atoms with Crippen molar-refractivity contribution >= 4 is 24.1 Å². The smallest absolute Gasteiger partial charge is 0.497 e. The van der Waals surface area contributed by atoms with Crippen LogP contribution >= 0.6 is 0 Å². The summed E-state index contributed by atoms with van der Waals surface area (Å²) in [6.07, 6.45) is 3.70. The molecule has 4 heterocycles. The van der Waals surface area contributed by atoms with Gasteiger partial charge in [0, 0.05) is 42.8 Å². The van der Waals surface area contributed by atoms with Crippen molar-refractivity contribution < 1.29 is 40.7 Å². The molecule has 182 valence electrons. The number of carbonyl (C=O) groups is 1. The van der Waals surface area contributed by atoms with Crippen LogP contribution in [-0.4, -0.2) is 49.2 Å². The molecule has 1 unspecified atom stereocenters. The Morgan fingerprint density at radius 3 is 2.55 bits per heavy atom. The first kappa shape index (κ1) is 25.2. The lowest BCUT2D eigenvalue weighted by Crippen LogP contribution is -2.64. The minimum atomic E-state index is -6.00. The van der Waals surface area contributed by atoms with Crippen LogP contribution in [0.2, 0.25) is 0 Å². The number of ether oxygens (including phenoxy) is 2. The summed E-state index contributed by atoms with van der Waals surface area (Å²) in [6, 6.07) is 7.08. The van der Waals surface area contributed by atoms with Crippen LogP contribution in [0.1, 0.15) is 44.8 Å². The molecule has 1 aromatic heterocycles. The van der Waals surface area contributed by atoms with E-state index in [1.54, 1.807) is 13.3 Å². The summed E-state index contributed by atoms with van der Waals surface area (Å²) in [6.45, 7) is 4.54. The van der Waals surface area contributed by atoms with Crippen LogP contribution in [0.15, 0.2) is 30.5 Å². The normalized spacial score (nSPS) is 27.5. The second kappa shape index (κ2) is 9.83. The number of carbonyl (C=O) groups excluding carboxylic acids is 1. The standard InChI is InChI=1S/C22H28FN2O3.BF4/c1-4-15-13-25(23)10-8-16(15)11-21(25)22(28-14(2)26)18-7-9-24-20-6-5-17(27-3)12-19(18)20;2-1(3,4)5/h5-7,9,12,15-16,21-22H,4,8,10-11,13H2,1-3H3;/q+1;-1/t15-,16-,21+,22-,25?;/m0./s1. The first-order valence-electron chi connectivity index (χ1n) is 11.0. The topological polar surface area (TPSA) is 48.4 Å². The van der Waals surface area contributed by atoms with Crippen LogP contribution in [0, 0.1) is 11.8 Å². The number of halogens is 5. The maximum atomic E-state index is 16.1. The fraction of sp³-hybridized carbons (Fsp3) is 0.545. The maximum absolute atomic E-state index is 16.1. The van der Waals surface area contributed by atoms with Crippen molar-refractivity contribution in [1.82, 2.24) is 4.98 Å². The molecule has 0 N–H and O–H groups in total. The maximum Gasteiger partial charge on any atom is 0.673 e. The molecule has 0 aliphatic carbocycles. The first-order chi connectivity index (χ1) is 15.4. The highest BCUT2D eigenvalue weighted by molar-refractivity contribution is 6.50. The summed E-state index contributed by atoms with van der Waals surface area (Å²) < 4.78 is 65.7. The highest BCUT2D eigenvalue weighted by Gasteiger charge is 2.57. The molecule has 5 rings (SSSR count). The molecule has 5 nitrogen and oxygen atoms in total. The van der Waals surface area contributed by atoms with Crippen molar-refractivity contribution in [2.75, 3.05) is 20.2 Å². The van der Waals surface area contributed by atoms with Gasteiger partial charge in [0.15, 0.2) is 12.1 Å².